The van der Waals surface area contributed by atoms with Crippen LogP contribution in [0.4, 0.5) is 5.69 Å². The van der Waals surface area contributed by atoms with E-state index in [1.54, 1.807) is 12.1 Å². The average molecular weight is 283 g/mol. The molecule has 0 unspecified atom stereocenters. The first-order valence-electron chi connectivity index (χ1n) is 6.06. The van der Waals surface area contributed by atoms with Crippen LogP contribution < -0.4 is 11.1 Å². The highest BCUT2D eigenvalue weighted by molar-refractivity contribution is 6.31. The summed E-state index contributed by atoms with van der Waals surface area (Å²) in [5, 5.41) is 12.6. The lowest BCUT2D eigenvalue weighted by Crippen LogP contribution is -2.21. The summed E-state index contributed by atoms with van der Waals surface area (Å²) in [7, 11) is 0. The van der Waals surface area contributed by atoms with E-state index in [4.69, 9.17) is 22.4 Å². The lowest BCUT2D eigenvalue weighted by atomic mass is 10.1. The van der Waals surface area contributed by atoms with Crippen molar-refractivity contribution in [2.45, 2.75) is 25.3 Å². The summed E-state index contributed by atoms with van der Waals surface area (Å²) in [5.74, 6) is -1.64. The Kier molecular flexibility index (Phi) is 3.95. The molecular weight excluding hydrogens is 268 g/mol. The number of primary amides is 1. The van der Waals surface area contributed by atoms with Crippen molar-refractivity contribution in [2.75, 3.05) is 5.32 Å². The maximum atomic E-state index is 11.3. The standard InChI is InChI=1S/C13H15ClN2O3/c14-8-2-4-11(10(6-8)12(15)17)16-9-3-1-7(5-9)13(18)19/h2,4,6-7,9,16H,1,3,5H2,(H2,15,17)(H,18,19)/t7-,9+/m1/s1. The van der Waals surface area contributed by atoms with Gasteiger partial charge >= 0.3 is 5.97 Å². The Morgan fingerprint density at radius 1 is 1.37 bits per heavy atom. The molecule has 0 spiro atoms. The summed E-state index contributed by atoms with van der Waals surface area (Å²) < 4.78 is 0. The number of rotatable bonds is 4. The molecule has 1 saturated carbocycles. The number of nitrogens with one attached hydrogen (secondary N) is 1. The molecule has 2 rings (SSSR count). The van der Waals surface area contributed by atoms with Crippen molar-refractivity contribution < 1.29 is 14.7 Å². The van der Waals surface area contributed by atoms with Gasteiger partial charge in [-0.3, -0.25) is 9.59 Å². The summed E-state index contributed by atoms with van der Waals surface area (Å²) in [4.78, 5) is 22.2. The van der Waals surface area contributed by atoms with E-state index in [2.05, 4.69) is 5.32 Å². The van der Waals surface area contributed by atoms with E-state index in [-0.39, 0.29) is 12.0 Å². The molecule has 0 aromatic heterocycles. The van der Waals surface area contributed by atoms with Gasteiger partial charge in [-0.05, 0) is 37.5 Å². The molecule has 2 atom stereocenters. The number of carbonyl (C=O) groups is 2. The number of nitrogens with two attached hydrogens (primary N) is 1. The highest BCUT2D eigenvalue weighted by atomic mass is 35.5. The maximum absolute atomic E-state index is 11.3. The van der Waals surface area contributed by atoms with Gasteiger partial charge in [0.2, 0.25) is 0 Å². The van der Waals surface area contributed by atoms with E-state index in [1.165, 1.54) is 6.07 Å². The van der Waals surface area contributed by atoms with Crippen molar-refractivity contribution in [3.8, 4) is 0 Å². The minimum atomic E-state index is -0.768. The third-order valence-corrected chi connectivity index (χ3v) is 3.62. The summed E-state index contributed by atoms with van der Waals surface area (Å²) in [6.07, 6.45) is 1.96. The van der Waals surface area contributed by atoms with Crippen LogP contribution in [-0.4, -0.2) is 23.0 Å². The Hall–Kier alpha value is -1.75. The molecule has 19 heavy (non-hydrogen) atoms. The smallest absolute Gasteiger partial charge is 0.306 e. The number of carboxylic acid groups (broad SMARTS) is 1. The molecule has 1 aliphatic carbocycles. The molecule has 4 N–H and O–H groups in total. The van der Waals surface area contributed by atoms with Gasteiger partial charge in [-0.25, -0.2) is 0 Å². The molecule has 102 valence electrons. The van der Waals surface area contributed by atoms with Gasteiger partial charge < -0.3 is 16.2 Å². The number of anilines is 1. The van der Waals surface area contributed by atoms with Gasteiger partial charge in [0.05, 0.1) is 11.5 Å². The zero-order valence-corrected chi connectivity index (χ0v) is 11.0. The normalized spacial score (nSPS) is 22.2. The number of hydrogen-bond acceptors (Lipinski definition) is 3. The number of halogens is 1. The highest BCUT2D eigenvalue weighted by Crippen LogP contribution is 2.30. The topological polar surface area (TPSA) is 92.4 Å². The second-order valence-electron chi connectivity index (χ2n) is 4.74. The minimum Gasteiger partial charge on any atom is -0.481 e. The van der Waals surface area contributed by atoms with Crippen molar-refractivity contribution in [3.05, 3.63) is 28.8 Å². The van der Waals surface area contributed by atoms with Crippen molar-refractivity contribution >= 4 is 29.2 Å². The molecule has 1 aliphatic rings. The van der Waals surface area contributed by atoms with Crippen molar-refractivity contribution in [3.63, 3.8) is 0 Å². The van der Waals surface area contributed by atoms with Crippen LogP contribution in [0.15, 0.2) is 18.2 Å². The Bertz CT molecular complexity index is 519. The highest BCUT2D eigenvalue weighted by Gasteiger charge is 2.30. The molecule has 1 aromatic rings. The minimum absolute atomic E-state index is 0.0420. The van der Waals surface area contributed by atoms with Gasteiger partial charge in [0.1, 0.15) is 0 Å². The van der Waals surface area contributed by atoms with Gasteiger partial charge in [-0.1, -0.05) is 11.6 Å². The first-order chi connectivity index (χ1) is 8.97. The summed E-state index contributed by atoms with van der Waals surface area (Å²) in [5.41, 5.74) is 6.23. The largest absolute Gasteiger partial charge is 0.481 e. The lowest BCUT2D eigenvalue weighted by Gasteiger charge is -2.16. The van der Waals surface area contributed by atoms with Crippen LogP contribution in [0.3, 0.4) is 0 Å². The van der Waals surface area contributed by atoms with Crippen LogP contribution in [-0.2, 0) is 4.79 Å². The molecule has 0 saturated heterocycles. The average Bonchev–Trinajstić information content (AvgIpc) is 2.80. The van der Waals surface area contributed by atoms with Crippen molar-refractivity contribution in [1.82, 2.24) is 0 Å². The third-order valence-electron chi connectivity index (χ3n) is 3.39. The van der Waals surface area contributed by atoms with E-state index >= 15 is 0 Å². The fourth-order valence-electron chi connectivity index (χ4n) is 2.40. The van der Waals surface area contributed by atoms with Crippen LogP contribution in [0.25, 0.3) is 0 Å². The molecule has 1 aromatic carbocycles. The lowest BCUT2D eigenvalue weighted by molar-refractivity contribution is -0.141. The second kappa shape index (κ2) is 5.48. The number of benzene rings is 1. The molecule has 0 radical (unpaired) electrons. The van der Waals surface area contributed by atoms with Gasteiger partial charge in [0.15, 0.2) is 0 Å². The molecular formula is C13H15ClN2O3. The molecule has 1 fully saturated rings. The van der Waals surface area contributed by atoms with Crippen molar-refractivity contribution in [2.24, 2.45) is 11.7 Å². The summed E-state index contributed by atoms with van der Waals surface area (Å²) in [6, 6.07) is 4.91. The number of hydrogen-bond donors (Lipinski definition) is 3. The molecule has 0 bridgehead atoms. The fraction of sp³-hybridized carbons (Fsp3) is 0.385. The van der Waals surface area contributed by atoms with E-state index in [9.17, 15) is 9.59 Å². The Labute approximate surface area is 115 Å². The predicted octanol–water partition coefficient (Wildman–Crippen LogP) is 2.10. The van der Waals surface area contributed by atoms with Crippen LogP contribution in [0.1, 0.15) is 29.6 Å². The van der Waals surface area contributed by atoms with Crippen LogP contribution in [0, 0.1) is 5.92 Å². The van der Waals surface area contributed by atoms with Gasteiger partial charge in [-0.2, -0.15) is 0 Å². The number of carbonyl (C=O) groups excluding carboxylic acids is 1. The van der Waals surface area contributed by atoms with Crippen LogP contribution >= 0.6 is 11.6 Å². The molecule has 0 heterocycles. The Balaban J connectivity index is 2.12. The van der Waals surface area contributed by atoms with Gasteiger partial charge in [-0.15, -0.1) is 0 Å². The molecule has 6 heteroatoms. The SMILES string of the molecule is NC(=O)c1cc(Cl)ccc1N[C@H]1CC[C@@H](C(=O)O)C1. The molecule has 5 nitrogen and oxygen atoms in total. The zero-order chi connectivity index (χ0) is 14.0. The predicted molar refractivity (Wildman–Crippen MR) is 72.4 cm³/mol. The van der Waals surface area contributed by atoms with E-state index in [1.807, 2.05) is 0 Å². The number of carboxylic acids is 1. The Morgan fingerprint density at radius 3 is 2.68 bits per heavy atom. The second-order valence-corrected chi connectivity index (χ2v) is 5.18. The van der Waals surface area contributed by atoms with E-state index < -0.39 is 11.9 Å². The quantitative estimate of drug-likeness (QED) is 0.788. The van der Waals surface area contributed by atoms with E-state index in [0.717, 1.165) is 6.42 Å². The van der Waals surface area contributed by atoms with Crippen LogP contribution in [0.5, 0.6) is 0 Å². The van der Waals surface area contributed by atoms with Gasteiger partial charge in [0, 0.05) is 16.8 Å². The Morgan fingerprint density at radius 2 is 2.11 bits per heavy atom. The summed E-state index contributed by atoms with van der Waals surface area (Å²) >= 11 is 5.83. The summed E-state index contributed by atoms with van der Waals surface area (Å²) in [6.45, 7) is 0. The monoisotopic (exact) mass is 282 g/mol. The zero-order valence-electron chi connectivity index (χ0n) is 10.2. The third kappa shape index (κ3) is 3.17. The van der Waals surface area contributed by atoms with Gasteiger partial charge in [0.25, 0.3) is 5.91 Å². The maximum Gasteiger partial charge on any atom is 0.306 e. The number of aliphatic carboxylic acids is 1. The van der Waals surface area contributed by atoms with Crippen LogP contribution in [0.2, 0.25) is 5.02 Å². The number of amides is 1. The fourth-order valence-corrected chi connectivity index (χ4v) is 2.58. The first kappa shape index (κ1) is 13.7. The van der Waals surface area contributed by atoms with E-state index in [0.29, 0.717) is 29.1 Å². The molecule has 1 amide bonds. The van der Waals surface area contributed by atoms with Crippen molar-refractivity contribution in [1.29, 1.82) is 0 Å². The first-order valence-corrected chi connectivity index (χ1v) is 6.44. The molecule has 0 aliphatic heterocycles.